The van der Waals surface area contributed by atoms with E-state index in [1.54, 1.807) is 6.20 Å². The van der Waals surface area contributed by atoms with Crippen LogP contribution >= 0.6 is 0 Å². The number of aromatic nitrogens is 4. The van der Waals surface area contributed by atoms with E-state index in [-0.39, 0.29) is 23.9 Å². The number of hydrogen-bond acceptors (Lipinski definition) is 7. The lowest BCUT2D eigenvalue weighted by atomic mass is 9.84. The van der Waals surface area contributed by atoms with Gasteiger partial charge in [0, 0.05) is 47.5 Å². The molecule has 10 heteroatoms. The SMILES string of the molecule is Cc1cc(Nc2cc3ncccc3c(NC3C[C@H]4CCC[C@@H](C3)N4S(=O)(=O)Cc3ccccc3)n2)n[nH]1. The fourth-order valence-corrected chi connectivity index (χ4v) is 7.88. The summed E-state index contributed by atoms with van der Waals surface area (Å²) in [7, 11) is -3.41. The van der Waals surface area contributed by atoms with Crippen LogP contribution in [0.15, 0.2) is 60.8 Å². The zero-order valence-corrected chi connectivity index (χ0v) is 21.6. The molecule has 0 spiro atoms. The summed E-state index contributed by atoms with van der Waals surface area (Å²) >= 11 is 0. The molecule has 2 saturated heterocycles. The highest BCUT2D eigenvalue weighted by atomic mass is 32.2. The molecule has 6 rings (SSSR count). The Morgan fingerprint density at radius 1 is 1.03 bits per heavy atom. The molecule has 3 atom stereocenters. The van der Waals surface area contributed by atoms with Gasteiger partial charge in [-0.05, 0) is 50.3 Å². The fraction of sp³-hybridized carbons (Fsp3) is 0.370. The predicted octanol–water partition coefficient (Wildman–Crippen LogP) is 4.73. The van der Waals surface area contributed by atoms with E-state index in [1.165, 1.54) is 0 Å². The van der Waals surface area contributed by atoms with E-state index in [0.717, 1.165) is 60.1 Å². The zero-order chi connectivity index (χ0) is 25.4. The number of aryl methyl sites for hydroxylation is 1. The molecule has 2 fully saturated rings. The molecule has 1 aromatic carbocycles. The van der Waals surface area contributed by atoms with E-state index < -0.39 is 10.0 Å². The average Bonchev–Trinajstić information content (AvgIpc) is 3.28. The summed E-state index contributed by atoms with van der Waals surface area (Å²) in [5.74, 6) is 2.15. The van der Waals surface area contributed by atoms with Crippen molar-refractivity contribution in [3.8, 4) is 0 Å². The highest BCUT2D eigenvalue weighted by molar-refractivity contribution is 7.88. The van der Waals surface area contributed by atoms with Gasteiger partial charge in [0.15, 0.2) is 5.82 Å². The maximum atomic E-state index is 13.5. The van der Waals surface area contributed by atoms with E-state index in [1.807, 2.05) is 65.8 Å². The molecule has 5 heterocycles. The number of fused-ring (bicyclic) bond motifs is 3. The van der Waals surface area contributed by atoms with Crippen molar-refractivity contribution in [3.05, 3.63) is 72.1 Å². The van der Waals surface area contributed by atoms with E-state index in [0.29, 0.717) is 11.6 Å². The first-order valence-electron chi connectivity index (χ1n) is 12.8. The van der Waals surface area contributed by atoms with Crippen LogP contribution in [-0.4, -0.2) is 51.0 Å². The van der Waals surface area contributed by atoms with Crippen LogP contribution in [0.25, 0.3) is 10.9 Å². The van der Waals surface area contributed by atoms with Crippen molar-refractivity contribution in [2.45, 2.75) is 62.9 Å². The third-order valence-corrected chi connectivity index (χ3v) is 9.26. The number of sulfonamides is 1. The Labute approximate surface area is 216 Å². The van der Waals surface area contributed by atoms with Gasteiger partial charge in [-0.25, -0.2) is 13.4 Å². The summed E-state index contributed by atoms with van der Waals surface area (Å²) in [5.41, 5.74) is 2.62. The Bertz CT molecular complexity index is 1490. The maximum absolute atomic E-state index is 13.5. The van der Waals surface area contributed by atoms with Crippen molar-refractivity contribution in [2.75, 3.05) is 10.6 Å². The van der Waals surface area contributed by atoms with Gasteiger partial charge in [0.25, 0.3) is 0 Å². The molecule has 0 amide bonds. The van der Waals surface area contributed by atoms with Gasteiger partial charge >= 0.3 is 0 Å². The predicted molar refractivity (Wildman–Crippen MR) is 145 cm³/mol. The lowest BCUT2D eigenvalue weighted by Crippen LogP contribution is -2.57. The summed E-state index contributed by atoms with van der Waals surface area (Å²) in [4.78, 5) is 9.42. The molecule has 3 aromatic heterocycles. The summed E-state index contributed by atoms with van der Waals surface area (Å²) in [6, 6.07) is 17.3. The van der Waals surface area contributed by atoms with Gasteiger partial charge in [-0.3, -0.25) is 10.1 Å². The molecule has 37 heavy (non-hydrogen) atoms. The number of pyridine rings is 2. The summed E-state index contributed by atoms with van der Waals surface area (Å²) < 4.78 is 28.8. The van der Waals surface area contributed by atoms with Crippen LogP contribution in [-0.2, 0) is 15.8 Å². The van der Waals surface area contributed by atoms with Crippen LogP contribution in [0.4, 0.5) is 17.5 Å². The van der Waals surface area contributed by atoms with E-state index >= 15 is 0 Å². The normalized spacial score (nSPS) is 22.1. The third kappa shape index (κ3) is 5.03. The number of H-pyrrole nitrogens is 1. The molecule has 4 aromatic rings. The molecule has 2 aliphatic rings. The molecular weight excluding hydrogens is 486 g/mol. The minimum Gasteiger partial charge on any atom is -0.367 e. The molecule has 9 nitrogen and oxygen atoms in total. The van der Waals surface area contributed by atoms with E-state index in [4.69, 9.17) is 4.98 Å². The van der Waals surface area contributed by atoms with E-state index in [2.05, 4.69) is 25.8 Å². The van der Waals surface area contributed by atoms with Crippen LogP contribution in [0.5, 0.6) is 0 Å². The van der Waals surface area contributed by atoms with Crippen LogP contribution in [0.1, 0.15) is 43.4 Å². The number of nitrogens with zero attached hydrogens (tertiary/aromatic N) is 4. The molecule has 0 radical (unpaired) electrons. The van der Waals surface area contributed by atoms with Crippen LogP contribution < -0.4 is 10.6 Å². The minimum absolute atomic E-state index is 0.00330. The Kier molecular flexibility index (Phi) is 6.29. The Hall–Kier alpha value is -3.50. The van der Waals surface area contributed by atoms with Gasteiger partial charge in [0.05, 0.1) is 11.3 Å². The van der Waals surface area contributed by atoms with Crippen molar-refractivity contribution >= 4 is 38.4 Å². The number of hydrogen-bond donors (Lipinski definition) is 3. The molecule has 0 aliphatic carbocycles. The van der Waals surface area contributed by atoms with Gasteiger partial charge in [0.1, 0.15) is 11.6 Å². The van der Waals surface area contributed by atoms with Gasteiger partial charge in [0.2, 0.25) is 10.0 Å². The first-order valence-corrected chi connectivity index (χ1v) is 14.4. The highest BCUT2D eigenvalue weighted by Crippen LogP contribution is 2.38. The quantitative estimate of drug-likeness (QED) is 0.324. The monoisotopic (exact) mass is 517 g/mol. The van der Waals surface area contributed by atoms with Crippen LogP contribution in [0, 0.1) is 6.92 Å². The van der Waals surface area contributed by atoms with Gasteiger partial charge in [-0.2, -0.15) is 9.40 Å². The van der Waals surface area contributed by atoms with Gasteiger partial charge in [-0.1, -0.05) is 36.8 Å². The average molecular weight is 518 g/mol. The Morgan fingerprint density at radius 3 is 2.54 bits per heavy atom. The number of rotatable bonds is 7. The topological polar surface area (TPSA) is 116 Å². The Morgan fingerprint density at radius 2 is 1.81 bits per heavy atom. The first-order chi connectivity index (χ1) is 17.9. The molecule has 0 saturated carbocycles. The second-order valence-electron chi connectivity index (χ2n) is 10.1. The first kappa shape index (κ1) is 23.9. The third-order valence-electron chi connectivity index (χ3n) is 7.32. The van der Waals surface area contributed by atoms with Gasteiger partial charge in [-0.15, -0.1) is 0 Å². The van der Waals surface area contributed by atoms with Crippen LogP contribution in [0.2, 0.25) is 0 Å². The molecule has 1 unspecified atom stereocenters. The summed E-state index contributed by atoms with van der Waals surface area (Å²) in [6.07, 6.45) is 6.12. The Balaban J connectivity index is 1.24. The van der Waals surface area contributed by atoms with Crippen molar-refractivity contribution < 1.29 is 8.42 Å². The van der Waals surface area contributed by atoms with Crippen LogP contribution in [0.3, 0.4) is 0 Å². The molecule has 192 valence electrons. The second kappa shape index (κ2) is 9.75. The number of aromatic amines is 1. The number of nitrogens with one attached hydrogen (secondary N) is 3. The number of anilines is 3. The van der Waals surface area contributed by atoms with Crippen molar-refractivity contribution in [3.63, 3.8) is 0 Å². The zero-order valence-electron chi connectivity index (χ0n) is 20.8. The maximum Gasteiger partial charge on any atom is 0.218 e. The number of benzene rings is 1. The minimum atomic E-state index is -3.41. The summed E-state index contributed by atoms with van der Waals surface area (Å²) in [5, 5.41) is 15.1. The lowest BCUT2D eigenvalue weighted by molar-refractivity contribution is 0.115. The van der Waals surface area contributed by atoms with Crippen molar-refractivity contribution in [1.29, 1.82) is 0 Å². The molecule has 3 N–H and O–H groups in total. The smallest absolute Gasteiger partial charge is 0.218 e. The largest absolute Gasteiger partial charge is 0.367 e. The molecule has 2 aliphatic heterocycles. The lowest BCUT2D eigenvalue weighted by Gasteiger charge is -2.48. The standard InChI is InChI=1S/C27H31N7O2S/c1-18-13-26(33-32-18)30-25-16-24-23(11-6-12-28-24)27(31-25)29-20-14-21-9-5-10-22(15-20)34(21)37(35,36)17-19-7-3-2-4-8-19/h2-4,6-8,11-13,16,20-22H,5,9-10,14-15,17H2,1H3,(H3,29,30,31,32,33)/t20?,21-,22+. The fourth-order valence-electron chi connectivity index (χ4n) is 5.83. The number of piperidine rings is 2. The van der Waals surface area contributed by atoms with Crippen molar-refractivity contribution in [1.82, 2.24) is 24.5 Å². The van der Waals surface area contributed by atoms with Gasteiger partial charge < -0.3 is 10.6 Å². The molecular formula is C27H31N7O2S. The second-order valence-corrected chi connectivity index (χ2v) is 12.0. The van der Waals surface area contributed by atoms with E-state index in [9.17, 15) is 8.42 Å². The highest BCUT2D eigenvalue weighted by Gasteiger charge is 2.44. The summed E-state index contributed by atoms with van der Waals surface area (Å²) in [6.45, 7) is 1.95. The van der Waals surface area contributed by atoms with Crippen molar-refractivity contribution in [2.24, 2.45) is 0 Å². The molecule has 2 bridgehead atoms.